The van der Waals surface area contributed by atoms with Crippen LogP contribution in [0.2, 0.25) is 0 Å². The molecule has 0 saturated carbocycles. The molecule has 0 aliphatic heterocycles. The van der Waals surface area contributed by atoms with Gasteiger partial charge in [0.05, 0.1) is 0 Å². The summed E-state index contributed by atoms with van der Waals surface area (Å²) in [6.45, 7) is 0. The molecule has 0 bridgehead atoms. The minimum Gasteiger partial charge on any atom is -0.477 e. The Bertz CT molecular complexity index is 432. The van der Waals surface area contributed by atoms with Crippen LogP contribution in [0, 0.1) is 23.3 Å². The molecule has 0 atom stereocenters. The molecule has 108 valence electrons. The predicted molar refractivity (Wildman–Crippen MR) is 40.2 cm³/mol. The van der Waals surface area contributed by atoms with Crippen LogP contribution in [0.15, 0.2) is 0 Å². The van der Waals surface area contributed by atoms with E-state index in [1.165, 1.54) is 0 Å². The molecule has 4 nitrogen and oxygen atoms in total. The molecule has 1 rings (SSSR count). The summed E-state index contributed by atoms with van der Waals surface area (Å²) in [7, 11) is 0. The van der Waals surface area contributed by atoms with Crippen molar-refractivity contribution in [2.24, 2.45) is 0 Å². The van der Waals surface area contributed by atoms with E-state index < -0.39 is 46.3 Å². The van der Waals surface area contributed by atoms with Crippen molar-refractivity contribution < 1.29 is 71.5 Å². The van der Waals surface area contributed by atoms with Crippen LogP contribution in [-0.2, 0) is 34.1 Å². The zero-order chi connectivity index (χ0) is 12.6. The van der Waals surface area contributed by atoms with E-state index in [-0.39, 0.29) is 34.1 Å². The summed E-state index contributed by atoms with van der Waals surface area (Å²) in [5, 5.41) is 16.5. The van der Waals surface area contributed by atoms with Gasteiger partial charge in [0.1, 0.15) is 11.1 Å². The monoisotopic (exact) mass is 364 g/mol. The summed E-state index contributed by atoms with van der Waals surface area (Å²) in [5.74, 6) is -13.5. The minimum atomic E-state index is -2.26. The van der Waals surface area contributed by atoms with Crippen molar-refractivity contribution in [3.05, 3.63) is 34.4 Å². The largest absolute Gasteiger partial charge is 0.477 e. The van der Waals surface area contributed by atoms with Crippen molar-refractivity contribution in [2.75, 3.05) is 0 Å². The topological polar surface area (TPSA) is 74.6 Å². The van der Waals surface area contributed by atoms with Gasteiger partial charge in [-0.1, -0.05) is 0 Å². The molecule has 0 aromatic heterocycles. The fraction of sp³-hybridized carbons (Fsp3) is 0. The van der Waals surface area contributed by atoms with Crippen molar-refractivity contribution >= 4 is 11.9 Å². The third kappa shape index (κ3) is 3.02. The predicted octanol–water partition coefficient (Wildman–Crippen LogP) is 1.63. The first-order valence-corrected chi connectivity index (χ1v) is 3.61. The number of hydrogen-bond acceptors (Lipinski definition) is 2. The van der Waals surface area contributed by atoms with E-state index in [4.69, 9.17) is 10.2 Å². The van der Waals surface area contributed by atoms with Crippen molar-refractivity contribution in [2.45, 2.75) is 0 Å². The van der Waals surface area contributed by atoms with Gasteiger partial charge in [-0.15, -0.1) is 0 Å². The van der Waals surface area contributed by atoms with E-state index in [1.54, 1.807) is 0 Å². The molecule has 10 heteroatoms. The normalized spacial score (nSPS) is 9.11. The Morgan fingerprint density at radius 2 is 0.833 bits per heavy atom. The number of rotatable bonds is 2. The van der Waals surface area contributed by atoms with Gasteiger partial charge in [0.25, 0.3) is 0 Å². The average Bonchev–Trinajstić information content (AvgIpc) is 2.14. The summed E-state index contributed by atoms with van der Waals surface area (Å²) < 4.78 is 51.6. The maximum absolute atomic E-state index is 12.9. The van der Waals surface area contributed by atoms with Gasteiger partial charge in [-0.3, -0.25) is 0 Å². The van der Waals surface area contributed by atoms with Crippen LogP contribution in [0.3, 0.4) is 0 Å². The quantitative estimate of drug-likeness (QED) is 0.475. The maximum Gasteiger partial charge on any atom is 0.341 e. The molecule has 0 fully saturated rings. The van der Waals surface area contributed by atoms with E-state index >= 15 is 0 Å². The van der Waals surface area contributed by atoms with Gasteiger partial charge in [-0.2, -0.15) is 0 Å². The molecular formula is C8H2Cu2F4O4. The zero-order valence-corrected chi connectivity index (χ0v) is 9.71. The van der Waals surface area contributed by atoms with Crippen molar-refractivity contribution in [1.29, 1.82) is 0 Å². The molecule has 0 saturated heterocycles. The van der Waals surface area contributed by atoms with E-state index in [9.17, 15) is 27.2 Å². The van der Waals surface area contributed by atoms with E-state index in [0.29, 0.717) is 0 Å². The van der Waals surface area contributed by atoms with Gasteiger partial charge in [-0.25, -0.2) is 27.2 Å². The third-order valence-corrected chi connectivity index (χ3v) is 1.69. The van der Waals surface area contributed by atoms with Crippen LogP contribution in [0.25, 0.3) is 0 Å². The second-order valence-electron chi connectivity index (χ2n) is 2.62. The first-order valence-electron chi connectivity index (χ1n) is 3.61. The van der Waals surface area contributed by atoms with Crippen LogP contribution in [0.5, 0.6) is 0 Å². The Morgan fingerprint density at radius 1 is 0.667 bits per heavy atom. The number of benzene rings is 1. The van der Waals surface area contributed by atoms with Gasteiger partial charge in [0.2, 0.25) is 0 Å². The summed E-state index contributed by atoms with van der Waals surface area (Å²) >= 11 is 0. The molecule has 2 N–H and O–H groups in total. The molecule has 0 aliphatic carbocycles. The summed E-state index contributed by atoms with van der Waals surface area (Å²) in [5.41, 5.74) is -3.75. The molecule has 18 heavy (non-hydrogen) atoms. The van der Waals surface area contributed by atoms with Gasteiger partial charge < -0.3 is 10.2 Å². The van der Waals surface area contributed by atoms with Crippen LogP contribution >= 0.6 is 0 Å². The Morgan fingerprint density at radius 3 is 0.944 bits per heavy atom. The molecular weight excluding hydrogens is 363 g/mol. The van der Waals surface area contributed by atoms with Gasteiger partial charge in [-0.05, 0) is 0 Å². The van der Waals surface area contributed by atoms with E-state index in [1.807, 2.05) is 0 Å². The molecule has 0 heterocycles. The number of halogens is 4. The molecule has 0 amide bonds. The number of aromatic carboxylic acids is 2. The second kappa shape index (κ2) is 6.75. The van der Waals surface area contributed by atoms with Crippen LogP contribution in [0.1, 0.15) is 20.7 Å². The molecule has 1 aromatic rings. The van der Waals surface area contributed by atoms with Crippen LogP contribution < -0.4 is 0 Å². The standard InChI is InChI=1S/C8H2F4O4.2Cu/c9-3-1(7(13)14)4(10)6(12)2(5(3)11)8(15)16;;/h(H,13,14)(H,15,16);;. The van der Waals surface area contributed by atoms with E-state index in [0.717, 1.165) is 0 Å². The van der Waals surface area contributed by atoms with Crippen molar-refractivity contribution in [1.82, 2.24) is 0 Å². The van der Waals surface area contributed by atoms with Crippen molar-refractivity contribution in [3.8, 4) is 0 Å². The Balaban J connectivity index is 0. The van der Waals surface area contributed by atoms with Gasteiger partial charge >= 0.3 is 11.9 Å². The SMILES string of the molecule is O=C(O)c1c(F)c(F)c(C(=O)O)c(F)c1F.[Cu].[Cu]. The average molecular weight is 365 g/mol. The Hall–Kier alpha value is -1.08. The first kappa shape index (κ1) is 19.3. The molecule has 1 aromatic carbocycles. The molecule has 0 aliphatic rings. The first-order chi connectivity index (χ1) is 7.29. The maximum atomic E-state index is 12.9. The van der Waals surface area contributed by atoms with Crippen LogP contribution in [-0.4, -0.2) is 22.2 Å². The zero-order valence-electron chi connectivity index (χ0n) is 7.83. The number of carboxylic acids is 2. The minimum absolute atomic E-state index is 0. The summed E-state index contributed by atoms with van der Waals surface area (Å²) in [6.07, 6.45) is 0. The van der Waals surface area contributed by atoms with Gasteiger partial charge in [0, 0.05) is 34.1 Å². The third-order valence-electron chi connectivity index (χ3n) is 1.69. The van der Waals surface area contributed by atoms with E-state index in [2.05, 4.69) is 0 Å². The number of carbonyl (C=O) groups is 2. The van der Waals surface area contributed by atoms with Crippen molar-refractivity contribution in [3.63, 3.8) is 0 Å². The second-order valence-corrected chi connectivity index (χ2v) is 2.62. The molecule has 2 radical (unpaired) electrons. The summed E-state index contributed by atoms with van der Waals surface area (Å²) in [4.78, 5) is 20.5. The smallest absolute Gasteiger partial charge is 0.341 e. The number of carboxylic acid groups (broad SMARTS) is 2. The molecule has 0 unspecified atom stereocenters. The van der Waals surface area contributed by atoms with Crippen LogP contribution in [0.4, 0.5) is 17.6 Å². The molecule has 0 spiro atoms. The number of hydrogen-bond donors (Lipinski definition) is 2. The fourth-order valence-electron chi connectivity index (χ4n) is 1.01. The van der Waals surface area contributed by atoms with Gasteiger partial charge in [0.15, 0.2) is 23.3 Å². The summed E-state index contributed by atoms with van der Waals surface area (Å²) in [6, 6.07) is 0. The fourth-order valence-corrected chi connectivity index (χ4v) is 1.01. The Labute approximate surface area is 118 Å². The Kier molecular flexibility index (Phi) is 7.22.